The summed E-state index contributed by atoms with van der Waals surface area (Å²) in [6.45, 7) is 8.02. The van der Waals surface area contributed by atoms with Gasteiger partial charge in [0, 0.05) is 11.8 Å². The van der Waals surface area contributed by atoms with Crippen molar-refractivity contribution in [3.8, 4) is 11.8 Å². The average molecular weight is 359 g/mol. The Morgan fingerprint density at radius 3 is 2.65 bits per heavy atom. The van der Waals surface area contributed by atoms with E-state index in [2.05, 4.69) is 10.6 Å². The molecular weight excluding hydrogens is 334 g/mol. The lowest BCUT2D eigenvalue weighted by atomic mass is 10.0. The number of hydrogen-bond acceptors (Lipinski definition) is 6. The summed E-state index contributed by atoms with van der Waals surface area (Å²) in [6, 6.07) is 7.19. The number of carbonyl (C=O) groups excluding carboxylic acids is 2. The zero-order valence-corrected chi connectivity index (χ0v) is 15.6. The summed E-state index contributed by atoms with van der Waals surface area (Å²) in [4.78, 5) is 23.6. The van der Waals surface area contributed by atoms with Gasteiger partial charge < -0.3 is 20.1 Å². The molecule has 1 aromatic carbocycles. The summed E-state index contributed by atoms with van der Waals surface area (Å²) < 4.78 is 10.4. The Labute approximate surface area is 154 Å². The van der Waals surface area contributed by atoms with E-state index in [-0.39, 0.29) is 24.8 Å². The maximum absolute atomic E-state index is 12.3. The smallest absolute Gasteiger partial charge is 0.325 e. The second-order valence-corrected chi connectivity index (χ2v) is 5.53. The van der Waals surface area contributed by atoms with Crippen LogP contribution in [0, 0.1) is 18.3 Å². The van der Waals surface area contributed by atoms with Gasteiger partial charge in [-0.05, 0) is 33.8 Å². The van der Waals surface area contributed by atoms with Gasteiger partial charge in [0.15, 0.2) is 0 Å². The van der Waals surface area contributed by atoms with Crippen molar-refractivity contribution >= 4 is 11.9 Å². The molecule has 2 N–H and O–H groups in total. The van der Waals surface area contributed by atoms with Gasteiger partial charge in [-0.3, -0.25) is 9.59 Å². The van der Waals surface area contributed by atoms with Crippen LogP contribution in [-0.4, -0.2) is 31.6 Å². The Balaban J connectivity index is 2.80. The number of nitrogens with one attached hydrogen (secondary N) is 2. The third kappa shape index (κ3) is 6.48. The fourth-order valence-corrected chi connectivity index (χ4v) is 2.24. The minimum absolute atomic E-state index is 0.117. The Bertz CT molecular complexity index is 707. The summed E-state index contributed by atoms with van der Waals surface area (Å²) in [5.41, 5.74) is 1.74. The third-order valence-electron chi connectivity index (χ3n) is 3.44. The van der Waals surface area contributed by atoms with Crippen LogP contribution >= 0.6 is 0 Å². The number of nitriles is 1. The summed E-state index contributed by atoms with van der Waals surface area (Å²) in [7, 11) is 0. The number of ether oxygens (including phenoxy) is 2. The number of nitrogens with zero attached hydrogens (tertiary/aromatic N) is 1. The Morgan fingerprint density at radius 2 is 2.04 bits per heavy atom. The Hall–Kier alpha value is -3.01. The van der Waals surface area contributed by atoms with Gasteiger partial charge in [0.1, 0.15) is 23.9 Å². The van der Waals surface area contributed by atoms with E-state index in [1.807, 2.05) is 45.0 Å². The molecule has 1 atom stereocenters. The normalized spacial score (nSPS) is 11.9. The number of aryl methyl sites for hydroxylation is 1. The van der Waals surface area contributed by atoms with Gasteiger partial charge in [0.25, 0.3) is 5.91 Å². The van der Waals surface area contributed by atoms with Crippen LogP contribution in [0.4, 0.5) is 0 Å². The van der Waals surface area contributed by atoms with Crippen LogP contribution in [0.5, 0.6) is 5.75 Å². The molecule has 0 spiro atoms. The highest BCUT2D eigenvalue weighted by Gasteiger charge is 2.17. The number of amides is 1. The van der Waals surface area contributed by atoms with E-state index in [4.69, 9.17) is 9.47 Å². The van der Waals surface area contributed by atoms with Gasteiger partial charge in [-0.15, -0.1) is 0 Å². The first-order chi connectivity index (χ1) is 12.4. The van der Waals surface area contributed by atoms with E-state index in [9.17, 15) is 14.9 Å². The van der Waals surface area contributed by atoms with Gasteiger partial charge in [-0.1, -0.05) is 17.7 Å². The first kappa shape index (κ1) is 21.0. The molecule has 0 heterocycles. The van der Waals surface area contributed by atoms with Crippen molar-refractivity contribution in [3.63, 3.8) is 0 Å². The van der Waals surface area contributed by atoms with Crippen molar-refractivity contribution in [2.24, 2.45) is 0 Å². The highest BCUT2D eigenvalue weighted by molar-refractivity contribution is 5.97. The zero-order chi connectivity index (χ0) is 19.5. The lowest BCUT2D eigenvalue weighted by molar-refractivity contribution is -0.141. The molecule has 0 aromatic heterocycles. The third-order valence-corrected chi connectivity index (χ3v) is 3.44. The monoisotopic (exact) mass is 359 g/mol. The topological polar surface area (TPSA) is 100 Å². The Morgan fingerprint density at radius 1 is 1.31 bits per heavy atom. The highest BCUT2D eigenvalue weighted by atomic mass is 16.5. The molecule has 140 valence electrons. The number of esters is 1. The lowest BCUT2D eigenvalue weighted by Crippen LogP contribution is -2.29. The number of benzene rings is 1. The predicted octanol–water partition coefficient (Wildman–Crippen LogP) is 2.13. The SMILES string of the molecule is CCOC(=O)CN/C=C(/C#N)C(=O)NC(C)c1cc(C)ccc1OCC. The first-order valence-corrected chi connectivity index (χ1v) is 8.46. The van der Waals surface area contributed by atoms with Crippen LogP contribution in [0.3, 0.4) is 0 Å². The van der Waals surface area contributed by atoms with Crippen molar-refractivity contribution in [1.82, 2.24) is 10.6 Å². The molecule has 0 fully saturated rings. The van der Waals surface area contributed by atoms with Crippen LogP contribution in [0.25, 0.3) is 0 Å². The molecule has 0 radical (unpaired) electrons. The minimum Gasteiger partial charge on any atom is -0.494 e. The molecule has 1 rings (SSSR count). The maximum atomic E-state index is 12.3. The number of rotatable bonds is 9. The summed E-state index contributed by atoms with van der Waals surface area (Å²) >= 11 is 0. The quantitative estimate of drug-likeness (QED) is 0.398. The second kappa shape index (κ2) is 10.8. The van der Waals surface area contributed by atoms with Gasteiger partial charge >= 0.3 is 5.97 Å². The second-order valence-electron chi connectivity index (χ2n) is 5.53. The Kier molecular flexibility index (Phi) is 8.71. The largest absolute Gasteiger partial charge is 0.494 e. The number of hydrogen-bond donors (Lipinski definition) is 2. The highest BCUT2D eigenvalue weighted by Crippen LogP contribution is 2.26. The van der Waals surface area contributed by atoms with Gasteiger partial charge in [0.05, 0.1) is 19.3 Å². The number of carbonyl (C=O) groups is 2. The molecule has 0 bridgehead atoms. The van der Waals surface area contributed by atoms with Crippen LogP contribution in [-0.2, 0) is 14.3 Å². The summed E-state index contributed by atoms with van der Waals surface area (Å²) in [6.07, 6.45) is 1.21. The molecule has 7 nitrogen and oxygen atoms in total. The zero-order valence-electron chi connectivity index (χ0n) is 15.6. The molecular formula is C19H25N3O4. The molecule has 0 saturated heterocycles. The molecule has 0 aliphatic rings. The molecule has 7 heteroatoms. The van der Waals surface area contributed by atoms with Crippen LogP contribution in [0.15, 0.2) is 30.0 Å². The van der Waals surface area contributed by atoms with Gasteiger partial charge in [0.2, 0.25) is 0 Å². The van der Waals surface area contributed by atoms with Crippen molar-refractivity contribution in [2.45, 2.75) is 33.7 Å². The molecule has 0 aliphatic carbocycles. The standard InChI is InChI=1S/C19H25N3O4/c1-5-25-17-8-7-13(3)9-16(17)14(4)22-19(24)15(10-20)11-21-12-18(23)26-6-2/h7-9,11,14,21H,5-6,12H2,1-4H3,(H,22,24)/b15-11-. The minimum atomic E-state index is -0.541. The average Bonchev–Trinajstić information content (AvgIpc) is 2.60. The van der Waals surface area contributed by atoms with Crippen molar-refractivity contribution in [3.05, 3.63) is 41.1 Å². The van der Waals surface area contributed by atoms with E-state index in [0.29, 0.717) is 12.4 Å². The predicted molar refractivity (Wildman–Crippen MR) is 97.2 cm³/mol. The van der Waals surface area contributed by atoms with E-state index in [1.165, 1.54) is 6.20 Å². The van der Waals surface area contributed by atoms with Crippen LogP contribution < -0.4 is 15.4 Å². The maximum Gasteiger partial charge on any atom is 0.325 e. The van der Waals surface area contributed by atoms with E-state index < -0.39 is 11.9 Å². The van der Waals surface area contributed by atoms with E-state index in [0.717, 1.165) is 11.1 Å². The molecule has 0 aliphatic heterocycles. The van der Waals surface area contributed by atoms with Crippen LogP contribution in [0.2, 0.25) is 0 Å². The molecule has 1 unspecified atom stereocenters. The van der Waals surface area contributed by atoms with E-state index in [1.54, 1.807) is 6.92 Å². The van der Waals surface area contributed by atoms with Crippen molar-refractivity contribution in [2.75, 3.05) is 19.8 Å². The van der Waals surface area contributed by atoms with Gasteiger partial charge in [-0.2, -0.15) is 5.26 Å². The molecule has 0 saturated carbocycles. The molecule has 1 amide bonds. The summed E-state index contributed by atoms with van der Waals surface area (Å²) in [5, 5.41) is 14.6. The van der Waals surface area contributed by atoms with Gasteiger partial charge in [-0.25, -0.2) is 0 Å². The van der Waals surface area contributed by atoms with Crippen molar-refractivity contribution < 1.29 is 19.1 Å². The summed E-state index contributed by atoms with van der Waals surface area (Å²) in [5.74, 6) is -0.315. The fourth-order valence-electron chi connectivity index (χ4n) is 2.24. The van der Waals surface area contributed by atoms with E-state index >= 15 is 0 Å². The fraction of sp³-hybridized carbons (Fsp3) is 0.421. The molecule has 26 heavy (non-hydrogen) atoms. The lowest BCUT2D eigenvalue weighted by Gasteiger charge is -2.18. The first-order valence-electron chi connectivity index (χ1n) is 8.46. The van der Waals surface area contributed by atoms with Crippen molar-refractivity contribution in [1.29, 1.82) is 5.26 Å². The van der Waals surface area contributed by atoms with Crippen LogP contribution in [0.1, 0.15) is 37.9 Å². The molecule has 1 aromatic rings.